The van der Waals surface area contributed by atoms with Crippen molar-refractivity contribution in [3.8, 4) is 5.75 Å². The number of methoxy groups -OCH3 is 1. The monoisotopic (exact) mass is 344 g/mol. The molecule has 0 atom stereocenters. The zero-order valence-electron chi connectivity index (χ0n) is 12.2. The van der Waals surface area contributed by atoms with Crippen LogP contribution in [-0.4, -0.2) is 18.0 Å². The first-order valence-electron chi connectivity index (χ1n) is 6.42. The van der Waals surface area contributed by atoms with Crippen LogP contribution in [0.1, 0.15) is 21.7 Å². The summed E-state index contributed by atoms with van der Waals surface area (Å²) in [5.74, 6) is -0.232. The molecule has 0 bridgehead atoms. The van der Waals surface area contributed by atoms with E-state index < -0.39 is 17.8 Å². The molecule has 0 aliphatic carbocycles. The van der Waals surface area contributed by atoms with Crippen LogP contribution >= 0.6 is 11.6 Å². The number of rotatable bonds is 3. The number of benzene rings is 1. The number of ether oxygens (including phenoxy) is 1. The molecule has 0 aliphatic rings. The molecule has 1 N–H and O–H groups in total. The van der Waals surface area contributed by atoms with Gasteiger partial charge in [0.15, 0.2) is 0 Å². The van der Waals surface area contributed by atoms with Gasteiger partial charge in [0.2, 0.25) is 0 Å². The van der Waals surface area contributed by atoms with E-state index >= 15 is 0 Å². The number of alkyl halides is 3. The summed E-state index contributed by atoms with van der Waals surface area (Å²) in [6.07, 6.45) is -4.56. The van der Waals surface area contributed by atoms with Crippen LogP contribution in [-0.2, 0) is 6.18 Å². The van der Waals surface area contributed by atoms with Crippen LogP contribution in [0, 0.1) is 6.92 Å². The summed E-state index contributed by atoms with van der Waals surface area (Å²) in [6, 6.07) is 6.47. The molecule has 122 valence electrons. The second kappa shape index (κ2) is 6.45. The Morgan fingerprint density at radius 3 is 2.52 bits per heavy atom. The molecule has 8 heteroatoms. The summed E-state index contributed by atoms with van der Waals surface area (Å²) in [4.78, 5) is 15.7. The predicted octanol–water partition coefficient (Wildman–Crippen LogP) is 4.32. The number of halogens is 4. The lowest BCUT2D eigenvalue weighted by Crippen LogP contribution is -2.17. The molecule has 2 rings (SSSR count). The van der Waals surface area contributed by atoms with E-state index in [2.05, 4.69) is 10.3 Å². The zero-order valence-corrected chi connectivity index (χ0v) is 12.9. The van der Waals surface area contributed by atoms with Gasteiger partial charge in [-0.3, -0.25) is 4.79 Å². The Labute approximate surface area is 135 Å². The average molecular weight is 345 g/mol. The number of amides is 1. The highest BCUT2D eigenvalue weighted by Gasteiger charge is 2.33. The molecule has 1 aromatic carbocycles. The van der Waals surface area contributed by atoms with E-state index in [-0.39, 0.29) is 11.3 Å². The van der Waals surface area contributed by atoms with E-state index in [1.54, 1.807) is 12.1 Å². The van der Waals surface area contributed by atoms with Gasteiger partial charge in [-0.25, -0.2) is 4.98 Å². The number of aromatic nitrogens is 1. The first-order chi connectivity index (χ1) is 10.7. The van der Waals surface area contributed by atoms with E-state index in [9.17, 15) is 18.0 Å². The molecule has 2 aromatic rings. The zero-order chi connectivity index (χ0) is 17.2. The number of nitrogens with one attached hydrogen (secondary N) is 1. The first kappa shape index (κ1) is 17.1. The van der Waals surface area contributed by atoms with Gasteiger partial charge in [-0.2, -0.15) is 13.2 Å². The topological polar surface area (TPSA) is 51.2 Å². The summed E-state index contributed by atoms with van der Waals surface area (Å²) in [7, 11) is 1.42. The minimum Gasteiger partial charge on any atom is -0.495 e. The van der Waals surface area contributed by atoms with Gasteiger partial charge in [-0.05, 0) is 37.3 Å². The summed E-state index contributed by atoms with van der Waals surface area (Å²) in [5, 5.41) is 2.93. The van der Waals surface area contributed by atoms with Crippen LogP contribution in [0.25, 0.3) is 0 Å². The van der Waals surface area contributed by atoms with Gasteiger partial charge < -0.3 is 10.1 Å². The van der Waals surface area contributed by atoms with Gasteiger partial charge >= 0.3 is 6.18 Å². The SMILES string of the molecule is COc1ccc(Cl)cc1NC(=O)c1ccc(C(F)(F)F)nc1C. The largest absolute Gasteiger partial charge is 0.495 e. The van der Waals surface area contributed by atoms with Crippen LogP contribution in [0.4, 0.5) is 18.9 Å². The lowest BCUT2D eigenvalue weighted by atomic mass is 10.1. The summed E-state index contributed by atoms with van der Waals surface area (Å²) in [6.45, 7) is 1.33. The van der Waals surface area contributed by atoms with Crippen molar-refractivity contribution in [2.75, 3.05) is 12.4 Å². The summed E-state index contributed by atoms with van der Waals surface area (Å²) < 4.78 is 42.9. The van der Waals surface area contributed by atoms with Crippen molar-refractivity contribution in [3.63, 3.8) is 0 Å². The molecule has 0 saturated carbocycles. The normalized spacial score (nSPS) is 11.2. The van der Waals surface area contributed by atoms with Crippen LogP contribution < -0.4 is 10.1 Å². The van der Waals surface area contributed by atoms with Crippen molar-refractivity contribution in [1.82, 2.24) is 4.98 Å². The van der Waals surface area contributed by atoms with Gasteiger partial charge in [0.25, 0.3) is 5.91 Å². The Morgan fingerprint density at radius 1 is 1.26 bits per heavy atom. The van der Waals surface area contributed by atoms with E-state index in [1.807, 2.05) is 0 Å². The third-order valence-corrected chi connectivity index (χ3v) is 3.27. The fraction of sp³-hybridized carbons (Fsp3) is 0.200. The van der Waals surface area contributed by atoms with E-state index in [4.69, 9.17) is 16.3 Å². The Morgan fingerprint density at radius 2 is 1.96 bits per heavy atom. The molecule has 1 aromatic heterocycles. The molecule has 0 spiro atoms. The minimum absolute atomic E-state index is 0.0278. The third-order valence-electron chi connectivity index (χ3n) is 3.03. The van der Waals surface area contributed by atoms with Crippen molar-refractivity contribution in [2.45, 2.75) is 13.1 Å². The second-order valence-electron chi connectivity index (χ2n) is 4.63. The van der Waals surface area contributed by atoms with Crippen LogP contribution in [0.2, 0.25) is 5.02 Å². The molecule has 23 heavy (non-hydrogen) atoms. The summed E-state index contributed by atoms with van der Waals surface area (Å²) in [5.41, 5.74) is -0.741. The van der Waals surface area contributed by atoms with E-state index in [0.29, 0.717) is 16.5 Å². The van der Waals surface area contributed by atoms with Gasteiger partial charge in [0, 0.05) is 5.02 Å². The molecule has 0 fully saturated rings. The van der Waals surface area contributed by atoms with E-state index in [1.165, 1.54) is 20.1 Å². The molecular formula is C15H12ClF3N2O2. The Kier molecular flexibility index (Phi) is 4.79. The highest BCUT2D eigenvalue weighted by atomic mass is 35.5. The number of pyridine rings is 1. The van der Waals surface area contributed by atoms with Crippen molar-refractivity contribution in [3.05, 3.63) is 52.3 Å². The molecule has 0 radical (unpaired) electrons. The van der Waals surface area contributed by atoms with Crippen molar-refractivity contribution < 1.29 is 22.7 Å². The molecule has 0 aliphatic heterocycles. The molecular weight excluding hydrogens is 333 g/mol. The smallest absolute Gasteiger partial charge is 0.433 e. The average Bonchev–Trinajstić information content (AvgIpc) is 2.46. The van der Waals surface area contributed by atoms with Crippen molar-refractivity contribution in [2.24, 2.45) is 0 Å². The Hall–Kier alpha value is -2.28. The maximum Gasteiger partial charge on any atom is 0.433 e. The quantitative estimate of drug-likeness (QED) is 0.902. The number of hydrogen-bond acceptors (Lipinski definition) is 3. The number of aryl methyl sites for hydroxylation is 1. The number of nitrogens with zero attached hydrogens (tertiary/aromatic N) is 1. The Balaban J connectivity index is 2.30. The molecule has 0 saturated heterocycles. The van der Waals surface area contributed by atoms with Gasteiger partial charge in [0.05, 0.1) is 24.1 Å². The lowest BCUT2D eigenvalue weighted by molar-refractivity contribution is -0.141. The van der Waals surface area contributed by atoms with Gasteiger partial charge in [0.1, 0.15) is 11.4 Å². The number of carbonyl (C=O) groups excluding carboxylic acids is 1. The number of anilines is 1. The summed E-state index contributed by atoms with van der Waals surface area (Å²) >= 11 is 5.86. The lowest BCUT2D eigenvalue weighted by Gasteiger charge is -2.12. The minimum atomic E-state index is -4.56. The molecule has 4 nitrogen and oxygen atoms in total. The van der Waals surface area contributed by atoms with Gasteiger partial charge in [-0.1, -0.05) is 11.6 Å². The second-order valence-corrected chi connectivity index (χ2v) is 5.06. The molecule has 0 unspecified atom stereocenters. The van der Waals surface area contributed by atoms with Crippen LogP contribution in [0.15, 0.2) is 30.3 Å². The van der Waals surface area contributed by atoms with Gasteiger partial charge in [-0.15, -0.1) is 0 Å². The fourth-order valence-corrected chi connectivity index (χ4v) is 2.10. The fourth-order valence-electron chi connectivity index (χ4n) is 1.93. The molecule has 1 heterocycles. The van der Waals surface area contributed by atoms with E-state index in [0.717, 1.165) is 12.1 Å². The predicted molar refractivity (Wildman–Crippen MR) is 79.9 cm³/mol. The van der Waals surface area contributed by atoms with Crippen LogP contribution in [0.5, 0.6) is 5.75 Å². The molecule has 1 amide bonds. The maximum atomic E-state index is 12.6. The highest BCUT2D eigenvalue weighted by Crippen LogP contribution is 2.30. The van der Waals surface area contributed by atoms with Crippen molar-refractivity contribution >= 4 is 23.2 Å². The van der Waals surface area contributed by atoms with Crippen LogP contribution in [0.3, 0.4) is 0 Å². The van der Waals surface area contributed by atoms with Crippen molar-refractivity contribution in [1.29, 1.82) is 0 Å². The number of hydrogen-bond donors (Lipinski definition) is 1. The number of carbonyl (C=O) groups is 1. The maximum absolute atomic E-state index is 12.6. The third kappa shape index (κ3) is 3.92. The first-order valence-corrected chi connectivity index (χ1v) is 6.80. The highest BCUT2D eigenvalue weighted by molar-refractivity contribution is 6.31. The standard InChI is InChI=1S/C15H12ClF3N2O2/c1-8-10(4-6-13(20-8)15(17,18)19)14(22)21-11-7-9(16)3-5-12(11)23-2/h3-7H,1-2H3,(H,21,22). The Bertz CT molecular complexity index is 748.